The Morgan fingerprint density at radius 3 is 2.64 bits per heavy atom. The van der Waals surface area contributed by atoms with Crippen molar-refractivity contribution in [2.24, 2.45) is 0 Å². The van der Waals surface area contributed by atoms with Crippen LogP contribution in [0.4, 0.5) is 0 Å². The minimum Gasteiger partial charge on any atom is -0.493 e. The molecule has 0 bridgehead atoms. The molecular formula is C19H21NO4S. The summed E-state index contributed by atoms with van der Waals surface area (Å²) in [5.74, 6) is 1.88. The predicted octanol–water partition coefficient (Wildman–Crippen LogP) is 2.42. The maximum Gasteiger partial charge on any atom is 0.242 e. The van der Waals surface area contributed by atoms with Crippen molar-refractivity contribution in [2.75, 3.05) is 26.8 Å². The highest BCUT2D eigenvalue weighted by molar-refractivity contribution is 7.89. The smallest absolute Gasteiger partial charge is 0.242 e. The van der Waals surface area contributed by atoms with E-state index in [0.717, 1.165) is 29.9 Å². The van der Waals surface area contributed by atoms with Gasteiger partial charge in [-0.25, -0.2) is 12.7 Å². The minimum absolute atomic E-state index is 0.320. The lowest BCUT2D eigenvalue weighted by Crippen LogP contribution is -2.29. The summed E-state index contributed by atoms with van der Waals surface area (Å²) in [6.45, 7) is 1.77. The van der Waals surface area contributed by atoms with Crippen molar-refractivity contribution in [1.29, 1.82) is 0 Å². The van der Waals surface area contributed by atoms with E-state index >= 15 is 0 Å². The van der Waals surface area contributed by atoms with Crippen LogP contribution in [-0.2, 0) is 29.3 Å². The Morgan fingerprint density at radius 2 is 1.84 bits per heavy atom. The largest absolute Gasteiger partial charge is 0.493 e. The summed E-state index contributed by atoms with van der Waals surface area (Å²) in [5.41, 5.74) is 3.45. The van der Waals surface area contributed by atoms with E-state index in [9.17, 15) is 8.42 Å². The number of benzene rings is 2. The Balaban J connectivity index is 1.58. The molecule has 6 heteroatoms. The molecular weight excluding hydrogens is 338 g/mol. The van der Waals surface area contributed by atoms with Gasteiger partial charge in [0.05, 0.1) is 18.1 Å². The van der Waals surface area contributed by atoms with Gasteiger partial charge in [0.1, 0.15) is 11.5 Å². The van der Waals surface area contributed by atoms with E-state index in [1.807, 2.05) is 6.07 Å². The Labute approximate surface area is 148 Å². The number of ether oxygens (including phenoxy) is 2. The SMILES string of the molecule is CN(CCc1c2c(cc3c1OCC3)OCC2)S(=O)(=O)c1ccccc1. The van der Waals surface area contributed by atoms with Crippen LogP contribution in [0.5, 0.6) is 11.5 Å². The van der Waals surface area contributed by atoms with E-state index in [1.165, 1.54) is 15.4 Å². The second kappa shape index (κ2) is 6.35. The standard InChI is InChI=1S/C19H21NO4S/c1-20(25(21,22)15-5-3-2-4-6-15)10-7-17-16-9-12-23-18(16)13-14-8-11-24-19(14)17/h2-6,13H,7-12H2,1H3. The molecule has 0 fully saturated rings. The second-order valence-corrected chi connectivity index (χ2v) is 8.45. The molecule has 0 amide bonds. The first kappa shape index (κ1) is 16.4. The first-order valence-corrected chi connectivity index (χ1v) is 9.96. The molecule has 132 valence electrons. The fourth-order valence-corrected chi connectivity index (χ4v) is 4.70. The third-order valence-electron chi connectivity index (χ3n) is 4.89. The van der Waals surface area contributed by atoms with Crippen molar-refractivity contribution >= 4 is 10.0 Å². The molecule has 25 heavy (non-hydrogen) atoms. The molecule has 0 aromatic heterocycles. The number of hydrogen-bond donors (Lipinski definition) is 0. The average molecular weight is 359 g/mol. The summed E-state index contributed by atoms with van der Waals surface area (Å²) in [6.07, 6.45) is 2.37. The van der Waals surface area contributed by atoms with Gasteiger partial charge in [0.25, 0.3) is 0 Å². The van der Waals surface area contributed by atoms with Crippen LogP contribution in [0.2, 0.25) is 0 Å². The molecule has 0 atom stereocenters. The van der Waals surface area contributed by atoms with Crippen LogP contribution in [-0.4, -0.2) is 39.5 Å². The van der Waals surface area contributed by atoms with Crippen LogP contribution in [0.1, 0.15) is 16.7 Å². The Kier molecular flexibility index (Phi) is 4.17. The van der Waals surface area contributed by atoms with Crippen molar-refractivity contribution in [3.05, 3.63) is 53.1 Å². The molecule has 2 aliphatic rings. The maximum atomic E-state index is 12.7. The van der Waals surface area contributed by atoms with Crippen LogP contribution < -0.4 is 9.47 Å². The molecule has 0 radical (unpaired) electrons. The van der Waals surface area contributed by atoms with Crippen molar-refractivity contribution in [3.63, 3.8) is 0 Å². The zero-order chi connectivity index (χ0) is 17.4. The van der Waals surface area contributed by atoms with Crippen LogP contribution in [0.25, 0.3) is 0 Å². The number of rotatable bonds is 5. The summed E-state index contributed by atoms with van der Waals surface area (Å²) in [4.78, 5) is 0.320. The molecule has 4 rings (SSSR count). The van der Waals surface area contributed by atoms with Gasteiger partial charge in [-0.2, -0.15) is 0 Å². The van der Waals surface area contributed by atoms with Gasteiger partial charge in [-0.3, -0.25) is 0 Å². The number of hydrogen-bond acceptors (Lipinski definition) is 4. The van der Waals surface area contributed by atoms with Gasteiger partial charge in [0.2, 0.25) is 10.0 Å². The van der Waals surface area contributed by atoms with Gasteiger partial charge < -0.3 is 9.47 Å². The van der Waals surface area contributed by atoms with Crippen LogP contribution in [0.15, 0.2) is 41.3 Å². The first-order valence-electron chi connectivity index (χ1n) is 8.52. The van der Waals surface area contributed by atoms with E-state index in [1.54, 1.807) is 31.3 Å². The van der Waals surface area contributed by atoms with Gasteiger partial charge in [-0.1, -0.05) is 18.2 Å². The predicted molar refractivity (Wildman–Crippen MR) is 94.8 cm³/mol. The van der Waals surface area contributed by atoms with Crippen molar-refractivity contribution in [3.8, 4) is 11.5 Å². The minimum atomic E-state index is -3.48. The van der Waals surface area contributed by atoms with Crippen molar-refractivity contribution < 1.29 is 17.9 Å². The number of sulfonamides is 1. The van der Waals surface area contributed by atoms with Gasteiger partial charge in [0, 0.05) is 43.1 Å². The zero-order valence-electron chi connectivity index (χ0n) is 14.2. The van der Waals surface area contributed by atoms with E-state index in [4.69, 9.17) is 9.47 Å². The van der Waals surface area contributed by atoms with Gasteiger partial charge in [0.15, 0.2) is 0 Å². The van der Waals surface area contributed by atoms with E-state index < -0.39 is 10.0 Å². The van der Waals surface area contributed by atoms with Crippen LogP contribution in [0.3, 0.4) is 0 Å². The quantitative estimate of drug-likeness (QED) is 0.823. The third-order valence-corrected chi connectivity index (χ3v) is 6.76. The van der Waals surface area contributed by atoms with Crippen molar-refractivity contribution in [2.45, 2.75) is 24.2 Å². The zero-order valence-corrected chi connectivity index (χ0v) is 15.0. The Bertz CT molecular complexity index is 861. The maximum absolute atomic E-state index is 12.7. The molecule has 2 aromatic rings. The van der Waals surface area contributed by atoms with Gasteiger partial charge in [-0.05, 0) is 24.6 Å². The van der Waals surface area contributed by atoms with Crippen LogP contribution >= 0.6 is 0 Å². The molecule has 0 saturated heterocycles. The highest BCUT2D eigenvalue weighted by atomic mass is 32.2. The Hall–Kier alpha value is -2.05. The molecule has 5 nitrogen and oxygen atoms in total. The molecule has 0 N–H and O–H groups in total. The summed E-state index contributed by atoms with van der Waals surface area (Å²) < 4.78 is 38.4. The fraction of sp³-hybridized carbons (Fsp3) is 0.368. The average Bonchev–Trinajstić information content (AvgIpc) is 3.27. The molecule has 2 aromatic carbocycles. The molecule has 2 aliphatic heterocycles. The molecule has 0 aliphatic carbocycles. The second-order valence-electron chi connectivity index (χ2n) is 6.41. The number of nitrogens with zero attached hydrogens (tertiary/aromatic N) is 1. The highest BCUT2D eigenvalue weighted by Crippen LogP contribution is 2.40. The lowest BCUT2D eigenvalue weighted by atomic mass is 9.97. The summed E-state index contributed by atoms with van der Waals surface area (Å²) >= 11 is 0. The Morgan fingerprint density at radius 1 is 1.08 bits per heavy atom. The fourth-order valence-electron chi connectivity index (χ4n) is 3.51. The number of likely N-dealkylation sites (N-methyl/N-ethyl adjacent to an activating group) is 1. The summed E-state index contributed by atoms with van der Waals surface area (Å²) in [7, 11) is -1.85. The van der Waals surface area contributed by atoms with E-state index in [2.05, 4.69) is 6.07 Å². The van der Waals surface area contributed by atoms with Gasteiger partial charge >= 0.3 is 0 Å². The number of fused-ring (bicyclic) bond motifs is 2. The molecule has 2 heterocycles. The molecule has 0 spiro atoms. The monoisotopic (exact) mass is 359 g/mol. The van der Waals surface area contributed by atoms with E-state index in [-0.39, 0.29) is 0 Å². The third kappa shape index (κ3) is 2.89. The topological polar surface area (TPSA) is 55.8 Å². The van der Waals surface area contributed by atoms with Crippen molar-refractivity contribution in [1.82, 2.24) is 4.31 Å². The molecule has 0 unspecified atom stereocenters. The van der Waals surface area contributed by atoms with Gasteiger partial charge in [-0.15, -0.1) is 0 Å². The molecule has 0 saturated carbocycles. The van der Waals surface area contributed by atoms with E-state index in [0.29, 0.717) is 31.1 Å². The van der Waals surface area contributed by atoms with Crippen LogP contribution in [0, 0.1) is 0 Å². The lowest BCUT2D eigenvalue weighted by molar-refractivity contribution is 0.351. The summed E-state index contributed by atoms with van der Waals surface area (Å²) in [5, 5.41) is 0. The first-order chi connectivity index (χ1) is 12.1. The summed E-state index contributed by atoms with van der Waals surface area (Å²) in [6, 6.07) is 10.6. The lowest BCUT2D eigenvalue weighted by Gasteiger charge is -2.19. The normalized spacial score (nSPS) is 15.6. The highest BCUT2D eigenvalue weighted by Gasteiger charge is 2.27.